The van der Waals surface area contributed by atoms with Gasteiger partial charge in [0.25, 0.3) is 0 Å². The molecular weight excluding hydrogens is 324 g/mol. The Morgan fingerprint density at radius 3 is 2.88 bits per heavy atom. The third kappa shape index (κ3) is 2.86. The number of amides is 1. The Morgan fingerprint density at radius 1 is 1.29 bits per heavy atom. The van der Waals surface area contributed by atoms with Gasteiger partial charge >= 0.3 is 0 Å². The van der Waals surface area contributed by atoms with Crippen molar-refractivity contribution in [1.82, 2.24) is 19.9 Å². The van der Waals surface area contributed by atoms with Crippen LogP contribution >= 0.6 is 11.3 Å². The van der Waals surface area contributed by atoms with E-state index in [0.717, 1.165) is 55.2 Å². The maximum absolute atomic E-state index is 12.9. The standard InChI is InChI=1S/C17H22N4O2S/c1-11-16(12(2)23-19-11)8-20-5-13-3-4-15(7-20)21(17(13)22)6-14-9-24-10-18-14/h9-10,13,15H,3-8H2,1-2H3/t13-,15+/m0/s1. The average Bonchev–Trinajstić information content (AvgIpc) is 3.09. The molecular formula is C17H22N4O2S. The predicted molar refractivity (Wildman–Crippen MR) is 90.4 cm³/mol. The fourth-order valence-corrected chi connectivity index (χ4v) is 4.46. The summed E-state index contributed by atoms with van der Waals surface area (Å²) in [6, 6.07) is 0.276. The van der Waals surface area contributed by atoms with Gasteiger partial charge in [0.15, 0.2) is 0 Å². The molecule has 0 radical (unpaired) electrons. The van der Waals surface area contributed by atoms with Crippen LogP contribution < -0.4 is 0 Å². The molecule has 0 unspecified atom stereocenters. The van der Waals surface area contributed by atoms with Crippen LogP contribution in [-0.4, -0.2) is 45.0 Å². The molecule has 0 aromatic carbocycles. The van der Waals surface area contributed by atoms with Crippen LogP contribution in [0.15, 0.2) is 15.4 Å². The fourth-order valence-electron chi connectivity index (χ4n) is 3.91. The SMILES string of the molecule is Cc1noc(C)c1CN1C[C@@H]2CC[C@H](C1)N(Cc1cscn1)C2=O. The molecule has 2 aromatic rings. The van der Waals surface area contributed by atoms with Crippen molar-refractivity contribution in [2.24, 2.45) is 5.92 Å². The first-order chi connectivity index (χ1) is 11.6. The summed E-state index contributed by atoms with van der Waals surface area (Å²) in [6.45, 7) is 7.14. The largest absolute Gasteiger partial charge is 0.361 e. The van der Waals surface area contributed by atoms with Gasteiger partial charge in [0.2, 0.25) is 5.91 Å². The van der Waals surface area contributed by atoms with Gasteiger partial charge < -0.3 is 9.42 Å². The van der Waals surface area contributed by atoms with E-state index >= 15 is 0 Å². The molecule has 3 aliphatic rings. The molecule has 1 amide bonds. The summed E-state index contributed by atoms with van der Waals surface area (Å²) in [5.41, 5.74) is 4.95. The van der Waals surface area contributed by atoms with Gasteiger partial charge in [-0.15, -0.1) is 11.3 Å². The average molecular weight is 346 g/mol. The fraction of sp³-hybridized carbons (Fsp3) is 0.588. The monoisotopic (exact) mass is 346 g/mol. The zero-order valence-corrected chi connectivity index (χ0v) is 14.9. The molecule has 6 nitrogen and oxygen atoms in total. The Hall–Kier alpha value is -1.73. The van der Waals surface area contributed by atoms with Crippen molar-refractivity contribution in [1.29, 1.82) is 0 Å². The first kappa shape index (κ1) is 15.8. The molecule has 2 atom stereocenters. The van der Waals surface area contributed by atoms with E-state index in [4.69, 9.17) is 4.52 Å². The van der Waals surface area contributed by atoms with Crippen molar-refractivity contribution in [3.63, 3.8) is 0 Å². The first-order valence-electron chi connectivity index (χ1n) is 8.43. The summed E-state index contributed by atoms with van der Waals surface area (Å²) < 4.78 is 5.29. The summed E-state index contributed by atoms with van der Waals surface area (Å²) in [5, 5.41) is 6.09. The molecule has 5 rings (SSSR count). The van der Waals surface area contributed by atoms with E-state index in [1.54, 1.807) is 11.3 Å². The highest BCUT2D eigenvalue weighted by Crippen LogP contribution is 2.31. The van der Waals surface area contributed by atoms with Crippen LogP contribution in [0.25, 0.3) is 0 Å². The van der Waals surface area contributed by atoms with Crippen LogP contribution in [-0.2, 0) is 17.9 Å². The first-order valence-corrected chi connectivity index (χ1v) is 9.37. The molecule has 0 aliphatic carbocycles. The molecule has 0 spiro atoms. The quantitative estimate of drug-likeness (QED) is 0.850. The number of piperidine rings is 1. The second-order valence-corrected chi connectivity index (χ2v) is 7.59. The smallest absolute Gasteiger partial charge is 0.227 e. The van der Waals surface area contributed by atoms with Gasteiger partial charge in [-0.05, 0) is 26.7 Å². The van der Waals surface area contributed by atoms with Gasteiger partial charge in [-0.2, -0.15) is 0 Å². The normalized spacial score (nSPS) is 24.6. The van der Waals surface area contributed by atoms with Gasteiger partial charge in [0, 0.05) is 36.6 Å². The summed E-state index contributed by atoms with van der Waals surface area (Å²) in [4.78, 5) is 21.7. The lowest BCUT2D eigenvalue weighted by Crippen LogP contribution is -2.47. The summed E-state index contributed by atoms with van der Waals surface area (Å²) in [5.74, 6) is 1.28. The van der Waals surface area contributed by atoms with Crippen LogP contribution in [0.4, 0.5) is 0 Å². The Balaban J connectivity index is 1.52. The van der Waals surface area contributed by atoms with Crippen LogP contribution in [0.2, 0.25) is 0 Å². The van der Waals surface area contributed by atoms with Crippen LogP contribution in [0, 0.1) is 19.8 Å². The van der Waals surface area contributed by atoms with Crippen molar-refractivity contribution in [3.05, 3.63) is 33.6 Å². The number of aromatic nitrogens is 2. The number of hydrogen-bond acceptors (Lipinski definition) is 6. The number of aryl methyl sites for hydroxylation is 2. The maximum atomic E-state index is 12.9. The highest BCUT2D eigenvalue weighted by Gasteiger charge is 2.40. The lowest BCUT2D eigenvalue weighted by molar-refractivity contribution is -0.140. The van der Waals surface area contributed by atoms with Crippen molar-refractivity contribution in [2.75, 3.05) is 13.1 Å². The van der Waals surface area contributed by atoms with Gasteiger partial charge in [0.1, 0.15) is 5.76 Å². The third-order valence-electron chi connectivity index (χ3n) is 5.25. The minimum absolute atomic E-state index is 0.0999. The lowest BCUT2D eigenvalue weighted by atomic mass is 9.94. The van der Waals surface area contributed by atoms with E-state index in [9.17, 15) is 4.79 Å². The Bertz CT molecular complexity index is 708. The van der Waals surface area contributed by atoms with Crippen LogP contribution in [0.5, 0.6) is 0 Å². The van der Waals surface area contributed by atoms with Gasteiger partial charge in [0.05, 0.1) is 29.4 Å². The van der Waals surface area contributed by atoms with E-state index in [0.29, 0.717) is 12.5 Å². The van der Waals surface area contributed by atoms with Crippen LogP contribution in [0.3, 0.4) is 0 Å². The van der Waals surface area contributed by atoms with E-state index in [1.807, 2.05) is 24.7 Å². The van der Waals surface area contributed by atoms with Crippen molar-refractivity contribution >= 4 is 17.2 Å². The van der Waals surface area contributed by atoms with E-state index < -0.39 is 0 Å². The number of fused-ring (bicyclic) bond motifs is 4. The Kier molecular flexibility index (Phi) is 4.14. The predicted octanol–water partition coefficient (Wildman–Crippen LogP) is 2.37. The number of carbonyl (C=O) groups is 1. The van der Waals surface area contributed by atoms with Crippen molar-refractivity contribution in [2.45, 2.75) is 45.8 Å². The van der Waals surface area contributed by atoms with Gasteiger partial charge in [-0.3, -0.25) is 9.69 Å². The molecule has 2 bridgehead atoms. The van der Waals surface area contributed by atoms with Crippen molar-refractivity contribution < 1.29 is 9.32 Å². The molecule has 5 heterocycles. The summed E-state index contributed by atoms with van der Waals surface area (Å²) >= 11 is 1.58. The Labute approximate surface area is 145 Å². The van der Waals surface area contributed by atoms with Gasteiger partial charge in [-0.1, -0.05) is 5.16 Å². The number of rotatable bonds is 4. The molecule has 24 heavy (non-hydrogen) atoms. The number of thiazole rings is 1. The molecule has 7 heteroatoms. The summed E-state index contributed by atoms with van der Waals surface area (Å²) in [7, 11) is 0. The highest BCUT2D eigenvalue weighted by atomic mass is 32.1. The topological polar surface area (TPSA) is 62.5 Å². The molecule has 0 N–H and O–H groups in total. The molecule has 3 fully saturated rings. The number of hydrogen-bond donors (Lipinski definition) is 0. The van der Waals surface area contributed by atoms with E-state index in [1.165, 1.54) is 0 Å². The van der Waals surface area contributed by atoms with Gasteiger partial charge in [-0.25, -0.2) is 4.98 Å². The van der Waals surface area contributed by atoms with Crippen LogP contribution in [0.1, 0.15) is 35.6 Å². The molecule has 0 saturated carbocycles. The summed E-state index contributed by atoms with van der Waals surface area (Å²) in [6.07, 6.45) is 2.08. The molecule has 3 saturated heterocycles. The zero-order chi connectivity index (χ0) is 16.7. The lowest BCUT2D eigenvalue weighted by Gasteiger charge is -2.35. The molecule has 2 aromatic heterocycles. The number of nitrogens with zero attached hydrogens (tertiary/aromatic N) is 4. The minimum atomic E-state index is 0.0999. The zero-order valence-electron chi connectivity index (χ0n) is 14.1. The maximum Gasteiger partial charge on any atom is 0.227 e. The second-order valence-electron chi connectivity index (χ2n) is 6.87. The van der Waals surface area contributed by atoms with E-state index in [2.05, 4.69) is 19.9 Å². The molecule has 3 aliphatic heterocycles. The van der Waals surface area contributed by atoms with E-state index in [-0.39, 0.29) is 12.0 Å². The minimum Gasteiger partial charge on any atom is -0.361 e. The second kappa shape index (κ2) is 6.29. The highest BCUT2D eigenvalue weighted by molar-refractivity contribution is 7.07. The Morgan fingerprint density at radius 2 is 2.17 bits per heavy atom. The number of carbonyl (C=O) groups excluding carboxylic acids is 1. The van der Waals surface area contributed by atoms with Crippen molar-refractivity contribution in [3.8, 4) is 0 Å². The third-order valence-corrected chi connectivity index (χ3v) is 5.88. The molecule has 128 valence electrons.